The fraction of sp³-hybridized carbons (Fsp3) is 0.500. The lowest BCUT2D eigenvalue weighted by Gasteiger charge is -2.31. The summed E-state index contributed by atoms with van der Waals surface area (Å²) in [4.78, 5) is 24.3. The van der Waals surface area contributed by atoms with Gasteiger partial charge in [0.05, 0.1) is 23.9 Å². The van der Waals surface area contributed by atoms with Crippen molar-refractivity contribution in [2.24, 2.45) is 10.4 Å². The fourth-order valence-electron chi connectivity index (χ4n) is 2.51. The summed E-state index contributed by atoms with van der Waals surface area (Å²) in [6, 6.07) is 4.71. The van der Waals surface area contributed by atoms with Crippen LogP contribution in [0.15, 0.2) is 23.2 Å². The lowest BCUT2D eigenvalue weighted by molar-refractivity contribution is 0.0101. The third-order valence-electron chi connectivity index (χ3n) is 3.78. The number of halogens is 1. The van der Waals surface area contributed by atoms with Crippen LogP contribution < -0.4 is 11.2 Å². The molecule has 1 aromatic carbocycles. The first-order valence-electron chi connectivity index (χ1n) is 7.62. The minimum atomic E-state index is -0.358. The summed E-state index contributed by atoms with van der Waals surface area (Å²) in [6.45, 7) is 9.19. The number of hydrogen-bond acceptors (Lipinski definition) is 5. The molecule has 0 fully saturated rings. The minimum Gasteiger partial charge on any atom is -0.398 e. The summed E-state index contributed by atoms with van der Waals surface area (Å²) < 4.78 is 0. The molecule has 0 saturated carbocycles. The van der Waals surface area contributed by atoms with Crippen molar-refractivity contribution >= 4 is 29.0 Å². The van der Waals surface area contributed by atoms with Crippen LogP contribution in [-0.2, 0) is 4.84 Å². The van der Waals surface area contributed by atoms with Crippen molar-refractivity contribution < 1.29 is 9.63 Å². The van der Waals surface area contributed by atoms with Gasteiger partial charge in [0.25, 0.3) is 5.91 Å². The Hall–Kier alpha value is -1.79. The number of nitrogens with one attached hydrogen (secondary N) is 1. The van der Waals surface area contributed by atoms with E-state index in [-0.39, 0.29) is 11.3 Å². The maximum atomic E-state index is 12.1. The van der Waals surface area contributed by atoms with Gasteiger partial charge >= 0.3 is 0 Å². The predicted octanol–water partition coefficient (Wildman–Crippen LogP) is 2.34. The van der Waals surface area contributed by atoms with Crippen LogP contribution in [0.5, 0.6) is 0 Å². The quantitative estimate of drug-likeness (QED) is 0.616. The number of nitrogen functional groups attached to an aromatic ring is 1. The van der Waals surface area contributed by atoms with Gasteiger partial charge in [0.1, 0.15) is 5.84 Å². The van der Waals surface area contributed by atoms with E-state index < -0.39 is 0 Å². The predicted molar refractivity (Wildman–Crippen MR) is 92.6 cm³/mol. The first-order valence-corrected chi connectivity index (χ1v) is 8.00. The van der Waals surface area contributed by atoms with Gasteiger partial charge in [-0.2, -0.15) is 0 Å². The molecule has 2 rings (SSSR count). The van der Waals surface area contributed by atoms with Crippen LogP contribution in [-0.4, -0.2) is 42.9 Å². The van der Waals surface area contributed by atoms with E-state index >= 15 is 0 Å². The van der Waals surface area contributed by atoms with E-state index in [0.717, 1.165) is 25.5 Å². The van der Waals surface area contributed by atoms with Crippen LogP contribution in [0.2, 0.25) is 5.02 Å². The molecule has 1 aromatic rings. The number of amidine groups is 1. The summed E-state index contributed by atoms with van der Waals surface area (Å²) in [5, 5.41) is 0.344. The highest BCUT2D eigenvalue weighted by Gasteiger charge is 2.32. The number of hydroxylamine groups is 1. The topological polar surface area (TPSA) is 80.0 Å². The standard InChI is InChI=1S/C16H23ClN4O2/c1-4-21-8-7-19-15(21)16(2,3)10-23-20-14(22)11-5-6-13(18)12(17)9-11/h5-6,9H,4,7-8,10,18H2,1-3H3,(H,20,22). The zero-order valence-corrected chi connectivity index (χ0v) is 14.5. The van der Waals surface area contributed by atoms with Gasteiger partial charge in [-0.3, -0.25) is 14.6 Å². The smallest absolute Gasteiger partial charge is 0.274 e. The van der Waals surface area contributed by atoms with Crippen LogP contribution >= 0.6 is 11.6 Å². The Morgan fingerprint density at radius 3 is 2.91 bits per heavy atom. The maximum Gasteiger partial charge on any atom is 0.274 e. The highest BCUT2D eigenvalue weighted by molar-refractivity contribution is 6.33. The average molecular weight is 339 g/mol. The van der Waals surface area contributed by atoms with Gasteiger partial charge in [0.15, 0.2) is 0 Å². The average Bonchev–Trinajstić information content (AvgIpc) is 2.99. The molecule has 0 atom stereocenters. The molecule has 1 amide bonds. The molecule has 0 spiro atoms. The van der Waals surface area contributed by atoms with Crippen molar-refractivity contribution in [1.82, 2.24) is 10.4 Å². The van der Waals surface area contributed by atoms with E-state index in [1.54, 1.807) is 12.1 Å². The van der Waals surface area contributed by atoms with Crippen molar-refractivity contribution in [3.05, 3.63) is 28.8 Å². The Balaban J connectivity index is 1.91. The fourth-order valence-corrected chi connectivity index (χ4v) is 2.69. The molecule has 6 nitrogen and oxygen atoms in total. The van der Waals surface area contributed by atoms with E-state index in [1.807, 2.05) is 13.8 Å². The Labute approximate surface area is 141 Å². The lowest BCUT2D eigenvalue weighted by atomic mass is 9.92. The summed E-state index contributed by atoms with van der Waals surface area (Å²) in [7, 11) is 0. The van der Waals surface area contributed by atoms with Crippen LogP contribution in [0.3, 0.4) is 0 Å². The molecule has 1 heterocycles. The lowest BCUT2D eigenvalue weighted by Crippen LogP contribution is -2.42. The van der Waals surface area contributed by atoms with E-state index in [1.165, 1.54) is 6.07 Å². The Bertz CT molecular complexity index is 616. The number of carbonyl (C=O) groups is 1. The van der Waals surface area contributed by atoms with E-state index in [0.29, 0.717) is 22.9 Å². The van der Waals surface area contributed by atoms with E-state index in [4.69, 9.17) is 22.2 Å². The van der Waals surface area contributed by atoms with Crippen molar-refractivity contribution in [3.8, 4) is 0 Å². The minimum absolute atomic E-state index is 0.279. The third kappa shape index (κ3) is 4.14. The van der Waals surface area contributed by atoms with Crippen molar-refractivity contribution in [3.63, 3.8) is 0 Å². The molecule has 0 radical (unpaired) electrons. The second kappa shape index (κ2) is 7.19. The summed E-state index contributed by atoms with van der Waals surface area (Å²) in [6.07, 6.45) is 0. The number of likely N-dealkylation sites (N-methyl/N-ethyl adjacent to an activating group) is 1. The summed E-state index contributed by atoms with van der Waals surface area (Å²) in [5.41, 5.74) is 8.63. The molecule has 126 valence electrons. The van der Waals surface area contributed by atoms with Crippen molar-refractivity contribution in [2.75, 3.05) is 32.0 Å². The Morgan fingerprint density at radius 1 is 1.52 bits per heavy atom. The van der Waals surface area contributed by atoms with E-state index in [9.17, 15) is 4.79 Å². The van der Waals surface area contributed by atoms with Gasteiger partial charge in [-0.25, -0.2) is 5.48 Å². The van der Waals surface area contributed by atoms with Crippen LogP contribution in [0, 0.1) is 5.41 Å². The number of amides is 1. The number of rotatable bonds is 6. The molecule has 0 unspecified atom stereocenters. The molecular formula is C16H23ClN4O2. The second-order valence-electron chi connectivity index (χ2n) is 6.13. The molecule has 0 aromatic heterocycles. The number of hydrogen-bond donors (Lipinski definition) is 2. The zero-order valence-electron chi connectivity index (χ0n) is 13.7. The van der Waals surface area contributed by atoms with E-state index in [2.05, 4.69) is 22.3 Å². The SMILES string of the molecule is CCN1CCN=C1C(C)(C)CONC(=O)c1ccc(N)c(Cl)c1. The Kier molecular flexibility index (Phi) is 5.49. The van der Waals surface area contributed by atoms with Gasteiger partial charge in [0.2, 0.25) is 0 Å². The number of nitrogens with zero attached hydrogens (tertiary/aromatic N) is 2. The molecule has 7 heteroatoms. The monoisotopic (exact) mass is 338 g/mol. The zero-order chi connectivity index (χ0) is 17.0. The third-order valence-corrected chi connectivity index (χ3v) is 4.11. The largest absolute Gasteiger partial charge is 0.398 e. The van der Waals surface area contributed by atoms with Crippen molar-refractivity contribution in [1.29, 1.82) is 0 Å². The van der Waals surface area contributed by atoms with Gasteiger partial charge < -0.3 is 10.6 Å². The first-order chi connectivity index (χ1) is 10.8. The highest BCUT2D eigenvalue weighted by Crippen LogP contribution is 2.23. The molecule has 0 aliphatic carbocycles. The summed E-state index contributed by atoms with van der Waals surface area (Å²) in [5.74, 6) is 0.660. The number of benzene rings is 1. The van der Waals surface area contributed by atoms with Crippen LogP contribution in [0.25, 0.3) is 0 Å². The van der Waals surface area contributed by atoms with Crippen LogP contribution in [0.1, 0.15) is 31.1 Å². The highest BCUT2D eigenvalue weighted by atomic mass is 35.5. The first kappa shape index (κ1) is 17.6. The normalized spacial score (nSPS) is 14.8. The number of anilines is 1. The number of aliphatic imine (C=N–C) groups is 1. The molecule has 3 N–H and O–H groups in total. The summed E-state index contributed by atoms with van der Waals surface area (Å²) >= 11 is 5.92. The van der Waals surface area contributed by atoms with Crippen LogP contribution in [0.4, 0.5) is 5.69 Å². The molecule has 1 aliphatic heterocycles. The number of nitrogens with two attached hydrogens (primary N) is 1. The van der Waals surface area contributed by atoms with Gasteiger partial charge in [-0.15, -0.1) is 0 Å². The molecular weight excluding hydrogens is 316 g/mol. The van der Waals surface area contributed by atoms with Gasteiger partial charge in [-0.1, -0.05) is 25.4 Å². The maximum absolute atomic E-state index is 12.1. The Morgan fingerprint density at radius 2 is 2.26 bits per heavy atom. The van der Waals surface area contributed by atoms with Gasteiger partial charge in [0, 0.05) is 24.1 Å². The molecule has 23 heavy (non-hydrogen) atoms. The number of carbonyl (C=O) groups excluding carboxylic acids is 1. The molecule has 1 aliphatic rings. The second-order valence-corrected chi connectivity index (χ2v) is 6.53. The van der Waals surface area contributed by atoms with Crippen molar-refractivity contribution in [2.45, 2.75) is 20.8 Å². The van der Waals surface area contributed by atoms with Gasteiger partial charge in [-0.05, 0) is 25.1 Å². The molecule has 0 bridgehead atoms. The molecule has 0 saturated heterocycles.